The molecule has 0 unspecified atom stereocenters. The number of hydrogen-bond donors (Lipinski definition) is 1. The van der Waals surface area contributed by atoms with Gasteiger partial charge < -0.3 is 15.0 Å². The van der Waals surface area contributed by atoms with Gasteiger partial charge in [0.25, 0.3) is 0 Å². The zero-order valence-corrected chi connectivity index (χ0v) is 19.2. The fourth-order valence-corrected chi connectivity index (χ4v) is 4.06. The number of hydrogen-bond acceptors (Lipinski definition) is 3. The Bertz CT molecular complexity index is 905. The largest absolute Gasteiger partial charge is 0.494 e. The van der Waals surface area contributed by atoms with Gasteiger partial charge in [0, 0.05) is 36.7 Å². The average Bonchev–Trinajstić information content (AvgIpc) is 2.73. The van der Waals surface area contributed by atoms with Crippen LogP contribution >= 0.6 is 24.8 Å². The lowest BCUT2D eigenvalue weighted by Gasteiger charge is -2.33. The number of nitrogens with one attached hydrogen (secondary N) is 1. The second kappa shape index (κ2) is 12.0. The van der Waals surface area contributed by atoms with Gasteiger partial charge in [0.1, 0.15) is 5.75 Å². The van der Waals surface area contributed by atoms with E-state index in [4.69, 9.17) is 4.74 Å². The summed E-state index contributed by atoms with van der Waals surface area (Å²) in [6.07, 6.45) is 3.47. The van der Waals surface area contributed by atoms with E-state index in [2.05, 4.69) is 77.8 Å². The molecule has 3 aromatic carbocycles. The van der Waals surface area contributed by atoms with Crippen molar-refractivity contribution in [3.05, 3.63) is 72.3 Å². The predicted octanol–water partition coefficient (Wildman–Crippen LogP) is 6.34. The maximum absolute atomic E-state index is 5.88. The Kier molecular flexibility index (Phi) is 9.77. The number of aryl methyl sites for hydroxylation is 1. The van der Waals surface area contributed by atoms with Crippen LogP contribution in [-0.4, -0.2) is 37.2 Å². The highest BCUT2D eigenvalue weighted by Gasteiger charge is 2.19. The molecule has 1 aliphatic rings. The van der Waals surface area contributed by atoms with Crippen LogP contribution in [0.15, 0.2) is 66.7 Å². The zero-order valence-electron chi connectivity index (χ0n) is 17.5. The van der Waals surface area contributed by atoms with E-state index in [0.29, 0.717) is 6.04 Å². The molecule has 4 rings (SSSR count). The summed E-state index contributed by atoms with van der Waals surface area (Å²) in [4.78, 5) is 2.57. The molecule has 0 amide bonds. The van der Waals surface area contributed by atoms with E-state index in [1.165, 1.54) is 34.9 Å². The van der Waals surface area contributed by atoms with Crippen LogP contribution in [0.4, 0.5) is 5.69 Å². The summed E-state index contributed by atoms with van der Waals surface area (Å²) in [6, 6.07) is 24.0. The van der Waals surface area contributed by atoms with Crippen LogP contribution < -0.4 is 10.1 Å². The maximum atomic E-state index is 5.88. The lowest BCUT2D eigenvalue weighted by atomic mass is 10.0. The van der Waals surface area contributed by atoms with Gasteiger partial charge in [-0.1, -0.05) is 48.5 Å². The molecule has 1 heterocycles. The van der Waals surface area contributed by atoms with Gasteiger partial charge in [-0.25, -0.2) is 0 Å². The molecule has 162 valence electrons. The Morgan fingerprint density at radius 1 is 0.933 bits per heavy atom. The van der Waals surface area contributed by atoms with E-state index in [0.717, 1.165) is 38.4 Å². The van der Waals surface area contributed by atoms with E-state index in [1.807, 2.05) is 6.07 Å². The Labute approximate surface area is 192 Å². The second-order valence-corrected chi connectivity index (χ2v) is 7.81. The van der Waals surface area contributed by atoms with Crippen molar-refractivity contribution in [1.82, 2.24) is 4.90 Å². The molecule has 3 aromatic rings. The molecule has 1 saturated heterocycles. The Hall–Kier alpha value is -1.94. The Balaban J connectivity index is 0.00000160. The first-order valence-corrected chi connectivity index (χ1v) is 10.4. The number of fused-ring (bicyclic) bond motifs is 1. The molecule has 1 aliphatic heterocycles. The minimum absolute atomic E-state index is 0. The minimum Gasteiger partial charge on any atom is -0.494 e. The first-order chi connectivity index (χ1) is 13.8. The number of piperidine rings is 1. The van der Waals surface area contributed by atoms with Gasteiger partial charge in [-0.05, 0) is 55.3 Å². The summed E-state index contributed by atoms with van der Waals surface area (Å²) >= 11 is 0. The van der Waals surface area contributed by atoms with Crippen LogP contribution in [0.25, 0.3) is 10.8 Å². The van der Waals surface area contributed by atoms with Gasteiger partial charge in [-0.15, -0.1) is 24.8 Å². The third-order valence-electron chi connectivity index (χ3n) is 5.61. The SMILES string of the molecule is Cc1cccc(OCCCN2CCC(Nc3cccc4ccccc34)CC2)c1.Cl.Cl. The zero-order chi connectivity index (χ0) is 19.2. The van der Waals surface area contributed by atoms with Crippen LogP contribution in [0.3, 0.4) is 0 Å². The molecular formula is C25H32Cl2N2O. The summed E-state index contributed by atoms with van der Waals surface area (Å²) in [6.45, 7) is 6.33. The summed E-state index contributed by atoms with van der Waals surface area (Å²) in [5.41, 5.74) is 2.52. The lowest BCUT2D eigenvalue weighted by molar-refractivity contribution is 0.198. The molecule has 0 spiro atoms. The van der Waals surface area contributed by atoms with Gasteiger partial charge in [0.2, 0.25) is 0 Å². The molecule has 0 aromatic heterocycles. The molecule has 0 radical (unpaired) electrons. The number of benzene rings is 3. The summed E-state index contributed by atoms with van der Waals surface area (Å²) in [5, 5.41) is 6.41. The average molecular weight is 447 g/mol. The van der Waals surface area contributed by atoms with Crippen molar-refractivity contribution in [2.45, 2.75) is 32.2 Å². The molecule has 3 nitrogen and oxygen atoms in total. The molecule has 1 N–H and O–H groups in total. The van der Waals surface area contributed by atoms with Crippen molar-refractivity contribution in [3.63, 3.8) is 0 Å². The maximum Gasteiger partial charge on any atom is 0.119 e. The van der Waals surface area contributed by atoms with Crippen molar-refractivity contribution >= 4 is 41.3 Å². The Morgan fingerprint density at radius 3 is 2.47 bits per heavy atom. The van der Waals surface area contributed by atoms with Crippen LogP contribution in [0.2, 0.25) is 0 Å². The lowest BCUT2D eigenvalue weighted by Crippen LogP contribution is -2.39. The van der Waals surface area contributed by atoms with Gasteiger partial charge in [0.05, 0.1) is 6.61 Å². The molecule has 0 atom stereocenters. The summed E-state index contributed by atoms with van der Waals surface area (Å²) < 4.78 is 5.88. The highest BCUT2D eigenvalue weighted by molar-refractivity contribution is 5.93. The third-order valence-corrected chi connectivity index (χ3v) is 5.61. The fourth-order valence-electron chi connectivity index (χ4n) is 4.06. The molecular weight excluding hydrogens is 415 g/mol. The molecule has 0 aliphatic carbocycles. The molecule has 30 heavy (non-hydrogen) atoms. The number of anilines is 1. The van der Waals surface area contributed by atoms with Crippen molar-refractivity contribution in [2.75, 3.05) is 31.6 Å². The van der Waals surface area contributed by atoms with Crippen molar-refractivity contribution in [2.24, 2.45) is 0 Å². The van der Waals surface area contributed by atoms with Crippen LogP contribution in [0.1, 0.15) is 24.8 Å². The second-order valence-electron chi connectivity index (χ2n) is 7.81. The van der Waals surface area contributed by atoms with Gasteiger partial charge in [-0.2, -0.15) is 0 Å². The summed E-state index contributed by atoms with van der Waals surface area (Å²) in [7, 11) is 0. The molecule has 1 fully saturated rings. The van der Waals surface area contributed by atoms with E-state index in [9.17, 15) is 0 Å². The van der Waals surface area contributed by atoms with Crippen LogP contribution in [0.5, 0.6) is 5.75 Å². The van der Waals surface area contributed by atoms with E-state index < -0.39 is 0 Å². The standard InChI is InChI=1S/C25H30N2O.2ClH/c1-20-7-4-10-23(19-20)28-18-6-15-27-16-13-22(14-17-27)26-25-12-5-9-21-8-2-3-11-24(21)25;;/h2-5,7-12,19,22,26H,6,13-18H2,1H3;2*1H. The van der Waals surface area contributed by atoms with Crippen molar-refractivity contribution < 1.29 is 4.74 Å². The van der Waals surface area contributed by atoms with Crippen LogP contribution in [0, 0.1) is 6.92 Å². The number of rotatable bonds is 7. The minimum atomic E-state index is 0. The first-order valence-electron chi connectivity index (χ1n) is 10.4. The number of ether oxygens (including phenoxy) is 1. The quantitative estimate of drug-likeness (QED) is 0.428. The third kappa shape index (κ3) is 6.53. The summed E-state index contributed by atoms with van der Waals surface area (Å²) in [5.74, 6) is 0.984. The molecule has 0 saturated carbocycles. The Morgan fingerprint density at radius 2 is 1.67 bits per heavy atom. The van der Waals surface area contributed by atoms with E-state index in [-0.39, 0.29) is 24.8 Å². The van der Waals surface area contributed by atoms with Gasteiger partial charge in [-0.3, -0.25) is 0 Å². The predicted molar refractivity (Wildman–Crippen MR) is 133 cm³/mol. The molecule has 0 bridgehead atoms. The van der Waals surface area contributed by atoms with Gasteiger partial charge in [0.15, 0.2) is 0 Å². The fraction of sp³-hybridized carbons (Fsp3) is 0.360. The van der Waals surface area contributed by atoms with E-state index in [1.54, 1.807) is 0 Å². The normalized spacial score (nSPS) is 14.6. The first kappa shape index (κ1) is 24.3. The van der Waals surface area contributed by atoms with Gasteiger partial charge >= 0.3 is 0 Å². The van der Waals surface area contributed by atoms with E-state index >= 15 is 0 Å². The monoisotopic (exact) mass is 446 g/mol. The molecule has 5 heteroatoms. The van der Waals surface area contributed by atoms with Crippen molar-refractivity contribution in [1.29, 1.82) is 0 Å². The number of likely N-dealkylation sites (tertiary alicyclic amines) is 1. The smallest absolute Gasteiger partial charge is 0.119 e. The number of nitrogens with zero attached hydrogens (tertiary/aromatic N) is 1. The highest BCUT2D eigenvalue weighted by atomic mass is 35.5. The van der Waals surface area contributed by atoms with Crippen LogP contribution in [-0.2, 0) is 0 Å². The topological polar surface area (TPSA) is 24.5 Å². The highest BCUT2D eigenvalue weighted by Crippen LogP contribution is 2.25. The van der Waals surface area contributed by atoms with Crippen molar-refractivity contribution in [3.8, 4) is 5.75 Å². The number of halogens is 2.